The Kier molecular flexibility index (Phi) is 6.21. The Morgan fingerprint density at radius 3 is 2.19 bits per heavy atom. The zero-order valence-electron chi connectivity index (χ0n) is 17.7. The van der Waals surface area contributed by atoms with Crippen molar-refractivity contribution in [2.45, 2.75) is 60.3 Å². The normalized spacial score (nSPS) is 15.4. The summed E-state index contributed by atoms with van der Waals surface area (Å²) in [6.45, 7) is 11.8. The molecule has 0 unspecified atom stereocenters. The Bertz CT molecular complexity index is 830. The summed E-state index contributed by atoms with van der Waals surface area (Å²) in [4.78, 5) is 0. The minimum atomic E-state index is -0.444. The Morgan fingerprint density at radius 2 is 1.59 bits per heavy atom. The number of rotatable bonds is 6. The molecule has 0 heterocycles. The lowest BCUT2D eigenvalue weighted by Crippen LogP contribution is -2.22. The zero-order chi connectivity index (χ0) is 19.4. The van der Waals surface area contributed by atoms with E-state index in [1.54, 1.807) is 27.1 Å². The van der Waals surface area contributed by atoms with E-state index in [2.05, 4.69) is 89.2 Å². The van der Waals surface area contributed by atoms with Gasteiger partial charge in [0.15, 0.2) is 0 Å². The molecule has 0 spiro atoms. The van der Waals surface area contributed by atoms with Gasteiger partial charge in [0.25, 0.3) is 0 Å². The van der Waals surface area contributed by atoms with E-state index in [9.17, 15) is 0 Å². The second-order valence-electron chi connectivity index (χ2n) is 9.00. The minimum absolute atomic E-state index is 0.186. The lowest BCUT2D eigenvalue weighted by atomic mass is 9.82. The Balaban J connectivity index is 1.96. The van der Waals surface area contributed by atoms with Crippen LogP contribution < -0.4 is 5.19 Å². The van der Waals surface area contributed by atoms with Crippen LogP contribution in [-0.2, 0) is 6.42 Å². The van der Waals surface area contributed by atoms with Crippen molar-refractivity contribution in [1.82, 2.24) is 0 Å². The van der Waals surface area contributed by atoms with Crippen molar-refractivity contribution in [2.75, 3.05) is 0 Å². The Labute approximate surface area is 168 Å². The van der Waals surface area contributed by atoms with Crippen LogP contribution in [0, 0.1) is 5.41 Å². The molecule has 2 aromatic carbocycles. The molecular formula is C26H34Si. The molecule has 0 atom stereocenters. The SMILES string of the molecule is CCCCc1ccc(C2=C(C(C)(C)C)C([SiH2]c3ccccc3)=C(C)C2)cc1. The standard InChI is InChI=1S/C26H34Si/c1-6-7-11-20-14-16-21(17-15-20)23-18-19(2)25(24(23)26(3,4)5)27-22-12-9-8-10-13-22/h8-10,12-17H,6-7,11,18,27H2,1-5H3. The average Bonchev–Trinajstić information content (AvgIpc) is 2.98. The first-order valence-corrected chi connectivity index (χ1v) is 11.9. The van der Waals surface area contributed by atoms with Crippen LogP contribution in [0.3, 0.4) is 0 Å². The number of unbranched alkanes of at least 4 members (excludes halogenated alkanes) is 1. The van der Waals surface area contributed by atoms with Gasteiger partial charge in [0.1, 0.15) is 0 Å². The monoisotopic (exact) mass is 374 g/mol. The molecule has 2 aromatic rings. The maximum absolute atomic E-state index is 2.38. The second kappa shape index (κ2) is 8.44. The first-order chi connectivity index (χ1) is 12.9. The highest BCUT2D eigenvalue weighted by Gasteiger charge is 2.31. The third kappa shape index (κ3) is 4.71. The van der Waals surface area contributed by atoms with Gasteiger partial charge in [-0.1, -0.05) is 105 Å². The summed E-state index contributed by atoms with van der Waals surface area (Å²) in [6, 6.07) is 20.5. The van der Waals surface area contributed by atoms with E-state index in [1.165, 1.54) is 30.4 Å². The summed E-state index contributed by atoms with van der Waals surface area (Å²) >= 11 is 0. The fourth-order valence-electron chi connectivity index (χ4n) is 4.30. The highest BCUT2D eigenvalue weighted by Crippen LogP contribution is 2.46. The summed E-state index contributed by atoms with van der Waals surface area (Å²) in [5.74, 6) is 0. The van der Waals surface area contributed by atoms with E-state index < -0.39 is 9.52 Å². The molecule has 0 saturated heterocycles. The molecule has 3 rings (SSSR count). The fraction of sp³-hybridized carbons (Fsp3) is 0.385. The quantitative estimate of drug-likeness (QED) is 0.544. The van der Waals surface area contributed by atoms with Gasteiger partial charge in [0.05, 0.1) is 9.52 Å². The van der Waals surface area contributed by atoms with Gasteiger partial charge in [-0.2, -0.15) is 0 Å². The van der Waals surface area contributed by atoms with E-state index in [-0.39, 0.29) is 5.41 Å². The van der Waals surface area contributed by atoms with Crippen LogP contribution in [0.5, 0.6) is 0 Å². The molecular weight excluding hydrogens is 340 g/mol. The molecule has 0 N–H and O–H groups in total. The predicted octanol–water partition coefficient (Wildman–Crippen LogP) is 6.00. The van der Waals surface area contributed by atoms with Crippen LogP contribution >= 0.6 is 0 Å². The smallest absolute Gasteiger partial charge is 0.0696 e. The first-order valence-electron chi connectivity index (χ1n) is 10.5. The van der Waals surface area contributed by atoms with Gasteiger partial charge in [0, 0.05) is 0 Å². The summed E-state index contributed by atoms with van der Waals surface area (Å²) in [5, 5.41) is 3.24. The highest BCUT2D eigenvalue weighted by atomic mass is 28.2. The lowest BCUT2D eigenvalue weighted by molar-refractivity contribution is 0.517. The molecule has 27 heavy (non-hydrogen) atoms. The van der Waals surface area contributed by atoms with E-state index in [4.69, 9.17) is 0 Å². The van der Waals surface area contributed by atoms with Crippen molar-refractivity contribution >= 4 is 20.3 Å². The molecule has 0 radical (unpaired) electrons. The fourth-order valence-corrected chi connectivity index (χ4v) is 6.56. The van der Waals surface area contributed by atoms with Gasteiger partial charge < -0.3 is 0 Å². The van der Waals surface area contributed by atoms with Crippen molar-refractivity contribution in [3.63, 3.8) is 0 Å². The molecule has 0 fully saturated rings. The van der Waals surface area contributed by atoms with E-state index >= 15 is 0 Å². The van der Waals surface area contributed by atoms with E-state index in [0.29, 0.717) is 0 Å². The van der Waals surface area contributed by atoms with Crippen LogP contribution in [0.1, 0.15) is 65.0 Å². The van der Waals surface area contributed by atoms with Crippen LogP contribution in [0.25, 0.3) is 5.57 Å². The molecule has 0 aromatic heterocycles. The first kappa shape index (κ1) is 19.9. The molecule has 1 heteroatoms. The van der Waals surface area contributed by atoms with Gasteiger partial charge >= 0.3 is 0 Å². The van der Waals surface area contributed by atoms with Crippen molar-refractivity contribution in [2.24, 2.45) is 5.41 Å². The van der Waals surface area contributed by atoms with E-state index in [0.717, 1.165) is 6.42 Å². The van der Waals surface area contributed by atoms with Gasteiger partial charge in [-0.05, 0) is 53.9 Å². The lowest BCUT2D eigenvalue weighted by Gasteiger charge is -2.26. The Hall–Kier alpha value is -1.86. The Morgan fingerprint density at radius 1 is 0.926 bits per heavy atom. The molecule has 0 amide bonds. The third-order valence-corrected chi connectivity index (χ3v) is 7.85. The van der Waals surface area contributed by atoms with Crippen molar-refractivity contribution < 1.29 is 0 Å². The second-order valence-corrected chi connectivity index (χ2v) is 10.9. The largest absolute Gasteiger partial charge is 0.0878 e. The number of hydrogen-bond acceptors (Lipinski definition) is 0. The molecule has 142 valence electrons. The zero-order valence-corrected chi connectivity index (χ0v) is 19.1. The van der Waals surface area contributed by atoms with Crippen LogP contribution in [-0.4, -0.2) is 9.52 Å². The molecule has 0 bridgehead atoms. The van der Waals surface area contributed by atoms with Gasteiger partial charge in [-0.25, -0.2) is 0 Å². The molecule has 1 aliphatic rings. The number of allylic oxidation sites excluding steroid dienone is 4. The minimum Gasteiger partial charge on any atom is -0.0696 e. The summed E-state index contributed by atoms with van der Waals surface area (Å²) in [7, 11) is -0.444. The summed E-state index contributed by atoms with van der Waals surface area (Å²) in [6.07, 6.45) is 4.86. The van der Waals surface area contributed by atoms with Crippen LogP contribution in [0.2, 0.25) is 0 Å². The van der Waals surface area contributed by atoms with Crippen molar-refractivity contribution in [3.8, 4) is 0 Å². The third-order valence-electron chi connectivity index (χ3n) is 5.66. The summed E-state index contributed by atoms with van der Waals surface area (Å²) in [5.41, 5.74) is 7.87. The van der Waals surface area contributed by atoms with E-state index in [1.807, 2.05) is 0 Å². The highest BCUT2D eigenvalue weighted by molar-refractivity contribution is 6.62. The van der Waals surface area contributed by atoms with Gasteiger partial charge in [-0.15, -0.1) is 0 Å². The maximum Gasteiger partial charge on any atom is 0.0878 e. The van der Waals surface area contributed by atoms with Crippen LogP contribution in [0.4, 0.5) is 0 Å². The predicted molar refractivity (Wildman–Crippen MR) is 123 cm³/mol. The van der Waals surface area contributed by atoms with Gasteiger partial charge in [-0.3, -0.25) is 0 Å². The van der Waals surface area contributed by atoms with Crippen LogP contribution in [0.15, 0.2) is 70.9 Å². The molecule has 0 saturated carbocycles. The topological polar surface area (TPSA) is 0 Å². The summed E-state index contributed by atoms with van der Waals surface area (Å²) < 4.78 is 0. The molecule has 0 nitrogen and oxygen atoms in total. The molecule has 1 aliphatic carbocycles. The van der Waals surface area contributed by atoms with Gasteiger partial charge in [0.2, 0.25) is 0 Å². The number of benzene rings is 2. The molecule has 0 aliphatic heterocycles. The van der Waals surface area contributed by atoms with Crippen molar-refractivity contribution in [3.05, 3.63) is 82.1 Å². The maximum atomic E-state index is 2.38. The van der Waals surface area contributed by atoms with Crippen molar-refractivity contribution in [1.29, 1.82) is 0 Å². The average molecular weight is 375 g/mol. The number of aryl methyl sites for hydroxylation is 1. The number of hydrogen-bond donors (Lipinski definition) is 0.